The molecule has 0 bridgehead atoms. The van der Waals surface area contributed by atoms with Crippen LogP contribution in [0.2, 0.25) is 0 Å². The lowest BCUT2D eigenvalue weighted by Crippen LogP contribution is -2.49. The van der Waals surface area contributed by atoms with E-state index in [1.807, 2.05) is 29.2 Å². The zero-order valence-corrected chi connectivity index (χ0v) is 16.3. The van der Waals surface area contributed by atoms with Crippen molar-refractivity contribution in [1.29, 1.82) is 0 Å². The molecule has 2 amide bonds. The largest absolute Gasteiger partial charge is 0.450 e. The molecule has 4 rings (SSSR count). The van der Waals surface area contributed by atoms with Gasteiger partial charge in [0.2, 0.25) is 0 Å². The molecule has 1 N–H and O–H groups in total. The first kappa shape index (κ1) is 19.2. The highest BCUT2D eigenvalue weighted by Crippen LogP contribution is 2.38. The van der Waals surface area contributed by atoms with E-state index in [1.165, 1.54) is 12.1 Å². The molecule has 2 aliphatic heterocycles. The molecule has 2 aromatic rings. The second-order valence-corrected chi connectivity index (χ2v) is 7.27. The summed E-state index contributed by atoms with van der Waals surface area (Å²) in [5.41, 5.74) is 2.16. The van der Waals surface area contributed by atoms with Gasteiger partial charge in [0.15, 0.2) is 0 Å². The molecule has 29 heavy (non-hydrogen) atoms. The van der Waals surface area contributed by atoms with Crippen LogP contribution < -0.4 is 5.32 Å². The van der Waals surface area contributed by atoms with Crippen LogP contribution in [0.1, 0.15) is 41.9 Å². The number of fused-ring (bicyclic) bond motifs is 1. The molecule has 0 unspecified atom stereocenters. The number of rotatable bonds is 4. The highest BCUT2D eigenvalue weighted by atomic mass is 19.1. The molecule has 152 valence electrons. The number of carbonyl (C=O) groups is 2. The Hall–Kier alpha value is -3.09. The van der Waals surface area contributed by atoms with Crippen molar-refractivity contribution in [1.82, 2.24) is 9.80 Å². The molecule has 6 nitrogen and oxygen atoms in total. The number of ether oxygens (including phenoxy) is 1. The third-order valence-electron chi connectivity index (χ3n) is 5.51. The van der Waals surface area contributed by atoms with E-state index in [0.29, 0.717) is 43.8 Å². The van der Waals surface area contributed by atoms with E-state index in [9.17, 15) is 14.0 Å². The quantitative estimate of drug-likeness (QED) is 0.847. The number of benzene rings is 2. The van der Waals surface area contributed by atoms with E-state index >= 15 is 0 Å². The third kappa shape index (κ3) is 3.77. The standard InChI is InChI=1S/C22H24FN3O3/c1-2-29-22(28)25-12-10-17(11-13-25)26-20(24-16-7-5-6-15(23)14-16)18-8-3-4-9-19(18)21(26)27/h3-9,14,17,20,24H,2,10-13H2,1H3/t20-/m0/s1. The summed E-state index contributed by atoms with van der Waals surface area (Å²) < 4.78 is 18.8. The molecule has 7 heteroatoms. The summed E-state index contributed by atoms with van der Waals surface area (Å²) in [4.78, 5) is 28.7. The number of carbonyl (C=O) groups excluding carboxylic acids is 2. The number of piperidine rings is 1. The Kier molecular flexibility index (Phi) is 5.38. The minimum atomic E-state index is -0.375. The van der Waals surface area contributed by atoms with Crippen LogP contribution >= 0.6 is 0 Å². The molecule has 1 fully saturated rings. The monoisotopic (exact) mass is 397 g/mol. The SMILES string of the molecule is CCOC(=O)N1CCC(N2C(=O)c3ccccc3[C@H]2Nc2cccc(F)c2)CC1. The van der Waals surface area contributed by atoms with Crippen molar-refractivity contribution < 1.29 is 18.7 Å². The Morgan fingerprint density at radius 3 is 2.66 bits per heavy atom. The molecule has 0 aliphatic carbocycles. The van der Waals surface area contributed by atoms with Crippen molar-refractivity contribution in [2.24, 2.45) is 0 Å². The van der Waals surface area contributed by atoms with E-state index in [4.69, 9.17) is 4.74 Å². The molecular weight excluding hydrogens is 373 g/mol. The van der Waals surface area contributed by atoms with Crippen molar-refractivity contribution in [2.75, 3.05) is 25.0 Å². The number of halogens is 1. The fraction of sp³-hybridized carbons (Fsp3) is 0.364. The lowest BCUT2D eigenvalue weighted by molar-refractivity contribution is 0.0496. The average Bonchev–Trinajstić information content (AvgIpc) is 3.00. The molecule has 2 heterocycles. The van der Waals surface area contributed by atoms with Gasteiger partial charge >= 0.3 is 6.09 Å². The molecule has 0 saturated carbocycles. The number of hydrogen-bond acceptors (Lipinski definition) is 4. The van der Waals surface area contributed by atoms with Gasteiger partial charge in [0.25, 0.3) is 5.91 Å². The van der Waals surface area contributed by atoms with E-state index in [0.717, 1.165) is 5.56 Å². The molecule has 0 aromatic heterocycles. The number of hydrogen-bond donors (Lipinski definition) is 1. The van der Waals surface area contributed by atoms with Crippen molar-refractivity contribution in [3.63, 3.8) is 0 Å². The number of nitrogens with one attached hydrogen (secondary N) is 1. The van der Waals surface area contributed by atoms with Gasteiger partial charge in [0.1, 0.15) is 12.0 Å². The lowest BCUT2D eigenvalue weighted by atomic mass is 10.0. The molecule has 2 aliphatic rings. The Morgan fingerprint density at radius 1 is 1.17 bits per heavy atom. The first-order valence-electron chi connectivity index (χ1n) is 9.94. The van der Waals surface area contributed by atoms with Crippen LogP contribution in [0.3, 0.4) is 0 Å². The zero-order chi connectivity index (χ0) is 20.4. The van der Waals surface area contributed by atoms with Gasteiger partial charge in [-0.15, -0.1) is 0 Å². The van der Waals surface area contributed by atoms with Crippen LogP contribution in [0.4, 0.5) is 14.9 Å². The summed E-state index contributed by atoms with van der Waals surface area (Å²) in [5, 5.41) is 3.33. The number of likely N-dealkylation sites (tertiary alicyclic amines) is 1. The van der Waals surface area contributed by atoms with Crippen LogP contribution in [0.15, 0.2) is 48.5 Å². The maximum absolute atomic E-state index is 13.7. The lowest BCUT2D eigenvalue weighted by Gasteiger charge is -2.39. The minimum absolute atomic E-state index is 0.0216. The smallest absolute Gasteiger partial charge is 0.409 e. The predicted octanol–water partition coefficient (Wildman–Crippen LogP) is 4.01. The number of amides is 2. The first-order valence-corrected chi connectivity index (χ1v) is 9.94. The Balaban J connectivity index is 1.56. The average molecular weight is 397 g/mol. The Morgan fingerprint density at radius 2 is 1.93 bits per heavy atom. The summed E-state index contributed by atoms with van der Waals surface area (Å²) in [6, 6.07) is 13.7. The van der Waals surface area contributed by atoms with Gasteiger partial charge in [-0.3, -0.25) is 4.79 Å². The Bertz CT molecular complexity index is 912. The normalized spacial score (nSPS) is 19.2. The van der Waals surface area contributed by atoms with Crippen molar-refractivity contribution in [2.45, 2.75) is 32.0 Å². The maximum Gasteiger partial charge on any atom is 0.409 e. The van der Waals surface area contributed by atoms with Crippen LogP contribution in [0.25, 0.3) is 0 Å². The van der Waals surface area contributed by atoms with Crippen molar-refractivity contribution in [3.05, 3.63) is 65.5 Å². The van der Waals surface area contributed by atoms with Gasteiger partial charge < -0.3 is 19.9 Å². The van der Waals surface area contributed by atoms with Crippen LogP contribution in [0.5, 0.6) is 0 Å². The summed E-state index contributed by atoms with van der Waals surface area (Å²) in [5.74, 6) is -0.369. The molecule has 0 spiro atoms. The van der Waals surface area contributed by atoms with Crippen LogP contribution in [0, 0.1) is 5.82 Å². The van der Waals surface area contributed by atoms with E-state index in [1.54, 1.807) is 24.0 Å². The van der Waals surface area contributed by atoms with Gasteiger partial charge in [-0.1, -0.05) is 24.3 Å². The molecule has 1 atom stereocenters. The van der Waals surface area contributed by atoms with Gasteiger partial charge in [-0.2, -0.15) is 0 Å². The van der Waals surface area contributed by atoms with Crippen LogP contribution in [-0.4, -0.2) is 47.5 Å². The fourth-order valence-corrected chi connectivity index (χ4v) is 4.14. The summed E-state index contributed by atoms with van der Waals surface area (Å²) >= 11 is 0. The van der Waals surface area contributed by atoms with Gasteiger partial charge in [-0.05, 0) is 44.0 Å². The number of nitrogens with zero attached hydrogens (tertiary/aromatic N) is 2. The molecule has 0 radical (unpaired) electrons. The highest BCUT2D eigenvalue weighted by Gasteiger charge is 2.42. The highest BCUT2D eigenvalue weighted by molar-refractivity contribution is 5.99. The fourth-order valence-electron chi connectivity index (χ4n) is 4.14. The van der Waals surface area contributed by atoms with E-state index in [2.05, 4.69) is 5.32 Å². The molecular formula is C22H24FN3O3. The van der Waals surface area contributed by atoms with Crippen molar-refractivity contribution in [3.8, 4) is 0 Å². The summed E-state index contributed by atoms with van der Waals surface area (Å²) in [7, 11) is 0. The van der Waals surface area contributed by atoms with E-state index in [-0.39, 0.29) is 30.0 Å². The van der Waals surface area contributed by atoms with Crippen molar-refractivity contribution >= 4 is 17.7 Å². The third-order valence-corrected chi connectivity index (χ3v) is 5.51. The molecule has 2 aromatic carbocycles. The van der Waals surface area contributed by atoms with Gasteiger partial charge in [-0.25, -0.2) is 9.18 Å². The minimum Gasteiger partial charge on any atom is -0.450 e. The summed E-state index contributed by atoms with van der Waals surface area (Å²) in [6.07, 6.45) is 0.649. The Labute approximate surface area is 169 Å². The second-order valence-electron chi connectivity index (χ2n) is 7.27. The topological polar surface area (TPSA) is 61.9 Å². The van der Waals surface area contributed by atoms with Gasteiger partial charge in [0.05, 0.1) is 6.61 Å². The number of anilines is 1. The molecule has 1 saturated heterocycles. The summed E-state index contributed by atoms with van der Waals surface area (Å²) in [6.45, 7) is 3.21. The first-order chi connectivity index (χ1) is 14.1. The van der Waals surface area contributed by atoms with Gasteiger partial charge in [0, 0.05) is 35.9 Å². The van der Waals surface area contributed by atoms with Crippen LogP contribution in [-0.2, 0) is 4.74 Å². The van der Waals surface area contributed by atoms with E-state index < -0.39 is 0 Å². The second kappa shape index (κ2) is 8.11. The maximum atomic E-state index is 13.7. The predicted molar refractivity (Wildman–Crippen MR) is 107 cm³/mol. The zero-order valence-electron chi connectivity index (χ0n) is 16.3.